The number of halogens is 1. The number of aryl methyl sites for hydroxylation is 1. The number of hydrogen-bond donors (Lipinski definition) is 1. The predicted molar refractivity (Wildman–Crippen MR) is 113 cm³/mol. The Kier molecular flexibility index (Phi) is 7.96. The van der Waals surface area contributed by atoms with E-state index in [0.717, 1.165) is 5.56 Å². The van der Waals surface area contributed by atoms with E-state index in [2.05, 4.69) is 0 Å². The Morgan fingerprint density at radius 1 is 1.07 bits per heavy atom. The molecule has 0 bridgehead atoms. The maximum absolute atomic E-state index is 13.6. The van der Waals surface area contributed by atoms with Crippen LogP contribution in [0.5, 0.6) is 0 Å². The Morgan fingerprint density at radius 3 is 2.53 bits per heavy atom. The Balaban J connectivity index is 1.47. The Morgan fingerprint density at radius 2 is 1.80 bits per heavy atom. The number of β-amino-alcohol motifs (C(OH)–C–C–N with tert-alkyl or cyclic N) is 1. The molecular formula is C22H29FN2O4S. The van der Waals surface area contributed by atoms with Gasteiger partial charge < -0.3 is 9.84 Å². The second-order valence-electron chi connectivity index (χ2n) is 7.63. The van der Waals surface area contributed by atoms with E-state index in [1.807, 2.05) is 11.8 Å². The normalized spacial score (nSPS) is 17.6. The third-order valence-electron chi connectivity index (χ3n) is 5.20. The van der Waals surface area contributed by atoms with Gasteiger partial charge in [0.05, 0.1) is 24.2 Å². The van der Waals surface area contributed by atoms with Crippen LogP contribution in [0.1, 0.15) is 17.5 Å². The fourth-order valence-corrected chi connectivity index (χ4v) is 4.97. The van der Waals surface area contributed by atoms with Crippen molar-refractivity contribution < 1.29 is 22.7 Å². The van der Waals surface area contributed by atoms with E-state index in [9.17, 15) is 17.9 Å². The minimum atomic E-state index is -3.52. The van der Waals surface area contributed by atoms with Crippen molar-refractivity contribution in [3.63, 3.8) is 0 Å². The molecular weight excluding hydrogens is 407 g/mol. The summed E-state index contributed by atoms with van der Waals surface area (Å²) in [4.78, 5) is 2.35. The lowest BCUT2D eigenvalue weighted by atomic mass is 10.2. The van der Waals surface area contributed by atoms with Gasteiger partial charge in [0.25, 0.3) is 0 Å². The fourth-order valence-electron chi connectivity index (χ4n) is 3.50. The van der Waals surface area contributed by atoms with Gasteiger partial charge in [0.1, 0.15) is 5.82 Å². The molecule has 0 aromatic heterocycles. The molecule has 1 atom stereocenters. The van der Waals surface area contributed by atoms with Crippen LogP contribution in [0.3, 0.4) is 0 Å². The highest BCUT2D eigenvalue weighted by molar-refractivity contribution is 7.89. The van der Waals surface area contributed by atoms with Gasteiger partial charge in [0.15, 0.2) is 0 Å². The monoisotopic (exact) mass is 436 g/mol. The molecule has 0 amide bonds. The summed E-state index contributed by atoms with van der Waals surface area (Å²) < 4.78 is 46.4. The molecule has 1 heterocycles. The third-order valence-corrected chi connectivity index (χ3v) is 7.11. The highest BCUT2D eigenvalue weighted by atomic mass is 32.2. The smallest absolute Gasteiger partial charge is 0.243 e. The third kappa shape index (κ3) is 6.09. The summed E-state index contributed by atoms with van der Waals surface area (Å²) in [5.41, 5.74) is 1.47. The number of rotatable bonds is 8. The molecule has 1 N–H and O–H groups in total. The molecule has 0 saturated carbocycles. The number of aliphatic hydroxyl groups is 1. The molecule has 6 nitrogen and oxygen atoms in total. The summed E-state index contributed by atoms with van der Waals surface area (Å²) in [5.74, 6) is -0.325. The topological polar surface area (TPSA) is 70.1 Å². The van der Waals surface area contributed by atoms with Gasteiger partial charge in [0, 0.05) is 31.7 Å². The van der Waals surface area contributed by atoms with Gasteiger partial charge in [-0.05, 0) is 38.1 Å². The van der Waals surface area contributed by atoms with Crippen molar-refractivity contribution in [2.45, 2.75) is 31.0 Å². The zero-order valence-electron chi connectivity index (χ0n) is 17.2. The summed E-state index contributed by atoms with van der Waals surface area (Å²) >= 11 is 0. The Labute approximate surface area is 177 Å². The van der Waals surface area contributed by atoms with E-state index in [1.165, 1.54) is 10.4 Å². The van der Waals surface area contributed by atoms with Crippen LogP contribution in [0, 0.1) is 12.7 Å². The van der Waals surface area contributed by atoms with Crippen LogP contribution in [0.25, 0.3) is 0 Å². The number of sulfonamides is 1. The van der Waals surface area contributed by atoms with Gasteiger partial charge in [-0.1, -0.05) is 35.9 Å². The second kappa shape index (κ2) is 10.5. The molecule has 1 fully saturated rings. The molecule has 2 aromatic carbocycles. The first-order valence-electron chi connectivity index (χ1n) is 10.1. The average Bonchev–Trinajstić information content (AvgIpc) is 2.96. The molecule has 0 unspecified atom stereocenters. The second-order valence-corrected chi connectivity index (χ2v) is 9.57. The largest absolute Gasteiger partial charge is 0.389 e. The van der Waals surface area contributed by atoms with Crippen molar-refractivity contribution in [3.8, 4) is 0 Å². The van der Waals surface area contributed by atoms with Crippen molar-refractivity contribution in [2.75, 3.05) is 39.3 Å². The summed E-state index contributed by atoms with van der Waals surface area (Å²) in [6.45, 7) is 4.56. The lowest BCUT2D eigenvalue weighted by Crippen LogP contribution is -2.38. The van der Waals surface area contributed by atoms with Crippen LogP contribution in [0.4, 0.5) is 4.39 Å². The number of ether oxygens (including phenoxy) is 1. The first-order valence-corrected chi connectivity index (χ1v) is 11.6. The Hall–Kier alpha value is -1.84. The summed E-state index contributed by atoms with van der Waals surface area (Å²) in [5, 5.41) is 10.3. The molecule has 8 heteroatoms. The van der Waals surface area contributed by atoms with Crippen molar-refractivity contribution in [2.24, 2.45) is 0 Å². The van der Waals surface area contributed by atoms with E-state index in [0.29, 0.717) is 49.6 Å². The van der Waals surface area contributed by atoms with E-state index >= 15 is 0 Å². The van der Waals surface area contributed by atoms with Crippen LogP contribution in [-0.2, 0) is 21.4 Å². The lowest BCUT2D eigenvalue weighted by Gasteiger charge is -2.24. The van der Waals surface area contributed by atoms with Crippen molar-refractivity contribution >= 4 is 10.0 Å². The van der Waals surface area contributed by atoms with Gasteiger partial charge in [-0.15, -0.1) is 0 Å². The van der Waals surface area contributed by atoms with Gasteiger partial charge in [0.2, 0.25) is 10.0 Å². The highest BCUT2D eigenvalue weighted by Gasteiger charge is 2.27. The van der Waals surface area contributed by atoms with Crippen LogP contribution in [-0.4, -0.2) is 68.2 Å². The molecule has 0 spiro atoms. The zero-order chi connectivity index (χ0) is 21.6. The molecule has 164 valence electrons. The van der Waals surface area contributed by atoms with Gasteiger partial charge in [-0.25, -0.2) is 12.8 Å². The van der Waals surface area contributed by atoms with E-state index in [4.69, 9.17) is 4.74 Å². The molecule has 1 aliphatic rings. The van der Waals surface area contributed by atoms with Crippen molar-refractivity contribution in [3.05, 3.63) is 65.5 Å². The molecule has 2 aromatic rings. The maximum Gasteiger partial charge on any atom is 0.243 e. The highest BCUT2D eigenvalue weighted by Crippen LogP contribution is 2.18. The van der Waals surface area contributed by atoms with E-state index in [1.54, 1.807) is 42.5 Å². The van der Waals surface area contributed by atoms with Gasteiger partial charge in [-0.3, -0.25) is 4.90 Å². The van der Waals surface area contributed by atoms with Crippen LogP contribution < -0.4 is 0 Å². The first kappa shape index (κ1) is 22.8. The molecule has 1 aliphatic heterocycles. The predicted octanol–water partition coefficient (Wildman–Crippen LogP) is 2.41. The van der Waals surface area contributed by atoms with Gasteiger partial charge >= 0.3 is 0 Å². The SMILES string of the molecule is Cc1ccc(S(=O)(=O)N2CCCN(C[C@@H](O)COCc3ccccc3F)CC2)cc1. The van der Waals surface area contributed by atoms with Crippen molar-refractivity contribution in [1.29, 1.82) is 0 Å². The molecule has 30 heavy (non-hydrogen) atoms. The molecule has 1 saturated heterocycles. The first-order chi connectivity index (χ1) is 14.4. The quantitative estimate of drug-likeness (QED) is 0.688. The van der Waals surface area contributed by atoms with Crippen molar-refractivity contribution in [1.82, 2.24) is 9.21 Å². The summed E-state index contributed by atoms with van der Waals surface area (Å²) in [6.07, 6.45) is -0.0366. The van der Waals surface area contributed by atoms with Gasteiger partial charge in [-0.2, -0.15) is 4.31 Å². The molecule has 0 radical (unpaired) electrons. The van der Waals surface area contributed by atoms with Crippen LogP contribution in [0.2, 0.25) is 0 Å². The maximum atomic E-state index is 13.6. The number of hydrogen-bond acceptors (Lipinski definition) is 5. The number of benzene rings is 2. The van der Waals surface area contributed by atoms with Crippen LogP contribution in [0.15, 0.2) is 53.4 Å². The molecule has 3 rings (SSSR count). The Bertz CT molecular complexity index is 921. The summed E-state index contributed by atoms with van der Waals surface area (Å²) in [7, 11) is -3.52. The lowest BCUT2D eigenvalue weighted by molar-refractivity contribution is 0.00994. The number of nitrogens with zero attached hydrogens (tertiary/aromatic N) is 2. The van der Waals surface area contributed by atoms with E-state index < -0.39 is 16.1 Å². The van der Waals surface area contributed by atoms with Crippen LogP contribution >= 0.6 is 0 Å². The molecule has 0 aliphatic carbocycles. The minimum Gasteiger partial charge on any atom is -0.389 e. The zero-order valence-corrected chi connectivity index (χ0v) is 18.0. The van der Waals surface area contributed by atoms with E-state index in [-0.39, 0.29) is 19.0 Å². The average molecular weight is 437 g/mol. The standard InChI is InChI=1S/C22H29FN2O4S/c1-18-7-9-21(10-8-18)30(27,28)25-12-4-11-24(13-14-25)15-20(26)17-29-16-19-5-2-3-6-22(19)23/h2-3,5-10,20,26H,4,11-17H2,1H3/t20-/m1/s1. The minimum absolute atomic E-state index is 0.0935. The summed E-state index contributed by atoms with van der Waals surface area (Å²) in [6, 6.07) is 13.3. The number of aliphatic hydroxyl groups excluding tert-OH is 1. The fraction of sp³-hybridized carbons (Fsp3) is 0.455.